The average molecular weight is 212 g/mol. The number of hydrogen-bond acceptors (Lipinski definition) is 3. The fourth-order valence-corrected chi connectivity index (χ4v) is 3.09. The van der Waals surface area contributed by atoms with Crippen LogP contribution in [0.1, 0.15) is 31.4 Å². The topological polar surface area (TPSA) is 33.4 Å². The van der Waals surface area contributed by atoms with Crippen LogP contribution in [-0.4, -0.2) is 16.5 Å². The minimum absolute atomic E-state index is 0.108. The lowest BCUT2D eigenvalue weighted by Gasteiger charge is -2.26. The summed E-state index contributed by atoms with van der Waals surface area (Å²) in [7, 11) is 0. The molecular formula is C11H16O2S. The van der Waals surface area contributed by atoms with E-state index in [2.05, 4.69) is 0 Å². The van der Waals surface area contributed by atoms with E-state index >= 15 is 0 Å². The van der Waals surface area contributed by atoms with Gasteiger partial charge in [0, 0.05) is 5.25 Å². The van der Waals surface area contributed by atoms with E-state index in [9.17, 15) is 5.11 Å². The third-order valence-electron chi connectivity index (χ3n) is 2.69. The van der Waals surface area contributed by atoms with E-state index in [0.29, 0.717) is 5.25 Å². The Morgan fingerprint density at radius 2 is 2.29 bits per heavy atom. The van der Waals surface area contributed by atoms with Gasteiger partial charge < -0.3 is 9.52 Å². The molecule has 2 atom stereocenters. The largest absolute Gasteiger partial charge is 0.468 e. The molecule has 1 heterocycles. The summed E-state index contributed by atoms with van der Waals surface area (Å²) in [5, 5.41) is 10.2. The molecule has 2 rings (SSSR count). The monoisotopic (exact) mass is 212 g/mol. The highest BCUT2D eigenvalue weighted by atomic mass is 32.2. The maximum atomic E-state index is 9.75. The highest BCUT2D eigenvalue weighted by Gasteiger charge is 2.23. The third kappa shape index (κ3) is 2.55. The minimum Gasteiger partial charge on any atom is -0.468 e. The number of furan rings is 1. The zero-order valence-corrected chi connectivity index (χ0v) is 9.00. The Balaban J connectivity index is 1.79. The molecule has 1 aliphatic carbocycles. The molecule has 0 aliphatic heterocycles. The van der Waals surface area contributed by atoms with Crippen molar-refractivity contribution in [3.63, 3.8) is 0 Å². The molecule has 0 radical (unpaired) electrons. The van der Waals surface area contributed by atoms with Gasteiger partial charge in [-0.15, -0.1) is 11.8 Å². The van der Waals surface area contributed by atoms with Crippen LogP contribution in [0.15, 0.2) is 22.8 Å². The van der Waals surface area contributed by atoms with Gasteiger partial charge in [-0.3, -0.25) is 0 Å². The highest BCUT2D eigenvalue weighted by Crippen LogP contribution is 2.30. The number of hydrogen-bond donors (Lipinski definition) is 1. The lowest BCUT2D eigenvalue weighted by atomic mass is 9.97. The van der Waals surface area contributed by atoms with Crippen molar-refractivity contribution in [2.45, 2.75) is 42.8 Å². The van der Waals surface area contributed by atoms with Crippen LogP contribution in [-0.2, 0) is 5.75 Å². The van der Waals surface area contributed by atoms with Crippen molar-refractivity contribution >= 4 is 11.8 Å². The molecule has 1 N–H and O–H groups in total. The molecule has 1 aromatic heterocycles. The van der Waals surface area contributed by atoms with Crippen molar-refractivity contribution < 1.29 is 9.52 Å². The van der Waals surface area contributed by atoms with Crippen LogP contribution in [0.3, 0.4) is 0 Å². The molecule has 1 saturated carbocycles. The summed E-state index contributed by atoms with van der Waals surface area (Å²) in [5.41, 5.74) is 0. The molecule has 0 bridgehead atoms. The molecular weight excluding hydrogens is 196 g/mol. The van der Waals surface area contributed by atoms with E-state index < -0.39 is 0 Å². The van der Waals surface area contributed by atoms with Crippen LogP contribution in [0.5, 0.6) is 0 Å². The predicted octanol–water partition coefficient (Wildman–Crippen LogP) is 2.82. The molecule has 0 saturated heterocycles. The second kappa shape index (κ2) is 4.89. The van der Waals surface area contributed by atoms with E-state index in [4.69, 9.17) is 4.42 Å². The summed E-state index contributed by atoms with van der Waals surface area (Å²) in [5.74, 6) is 1.89. The first-order chi connectivity index (χ1) is 6.86. The summed E-state index contributed by atoms with van der Waals surface area (Å²) in [6.07, 6.45) is 6.14. The standard InChI is InChI=1S/C11H16O2S/c12-10-5-1-2-6-11(10)14-8-9-4-3-7-13-9/h3-4,7,10-12H,1-2,5-6,8H2/t10-,11-/m1/s1. The maximum absolute atomic E-state index is 9.75. The van der Waals surface area contributed by atoms with Gasteiger partial charge in [-0.25, -0.2) is 0 Å². The third-order valence-corrected chi connectivity index (χ3v) is 4.12. The van der Waals surface area contributed by atoms with Gasteiger partial charge in [0.15, 0.2) is 0 Å². The molecule has 0 amide bonds. The zero-order chi connectivity index (χ0) is 9.80. The Hall–Kier alpha value is -0.410. The molecule has 0 spiro atoms. The van der Waals surface area contributed by atoms with Crippen LogP contribution in [0.25, 0.3) is 0 Å². The number of aliphatic hydroxyl groups is 1. The summed E-state index contributed by atoms with van der Waals surface area (Å²) in [4.78, 5) is 0. The first kappa shape index (κ1) is 10.1. The van der Waals surface area contributed by atoms with Crippen molar-refractivity contribution in [3.05, 3.63) is 24.2 Å². The van der Waals surface area contributed by atoms with Gasteiger partial charge in [-0.2, -0.15) is 0 Å². The minimum atomic E-state index is -0.108. The molecule has 0 aromatic carbocycles. The summed E-state index contributed by atoms with van der Waals surface area (Å²) in [6, 6.07) is 3.90. The molecule has 1 aromatic rings. The fourth-order valence-electron chi connectivity index (χ4n) is 1.86. The molecule has 0 unspecified atom stereocenters. The Bertz CT molecular complexity index is 258. The second-order valence-electron chi connectivity index (χ2n) is 3.78. The van der Waals surface area contributed by atoms with Gasteiger partial charge in [0.1, 0.15) is 5.76 Å². The predicted molar refractivity (Wildman–Crippen MR) is 58.3 cm³/mol. The SMILES string of the molecule is O[C@@H]1CCCC[C@H]1SCc1ccco1. The van der Waals surface area contributed by atoms with Crippen LogP contribution in [0, 0.1) is 0 Å². The van der Waals surface area contributed by atoms with E-state index in [1.165, 1.54) is 12.8 Å². The number of rotatable bonds is 3. The molecule has 2 nitrogen and oxygen atoms in total. The Kier molecular flexibility index (Phi) is 3.54. The smallest absolute Gasteiger partial charge is 0.113 e. The van der Waals surface area contributed by atoms with Gasteiger partial charge >= 0.3 is 0 Å². The van der Waals surface area contributed by atoms with E-state index in [-0.39, 0.29) is 6.10 Å². The molecule has 78 valence electrons. The number of aliphatic hydroxyl groups excluding tert-OH is 1. The second-order valence-corrected chi connectivity index (χ2v) is 5.01. The Labute approximate surface area is 88.7 Å². The highest BCUT2D eigenvalue weighted by molar-refractivity contribution is 7.99. The summed E-state index contributed by atoms with van der Waals surface area (Å²) >= 11 is 1.82. The Morgan fingerprint density at radius 1 is 1.43 bits per heavy atom. The molecule has 1 aliphatic rings. The normalized spacial score (nSPS) is 27.8. The lowest BCUT2D eigenvalue weighted by Crippen LogP contribution is -2.26. The summed E-state index contributed by atoms with van der Waals surface area (Å²) in [6.45, 7) is 0. The van der Waals surface area contributed by atoms with Gasteiger partial charge in [0.2, 0.25) is 0 Å². The van der Waals surface area contributed by atoms with Gasteiger partial charge in [-0.1, -0.05) is 12.8 Å². The quantitative estimate of drug-likeness (QED) is 0.836. The van der Waals surface area contributed by atoms with E-state index in [1.54, 1.807) is 6.26 Å². The van der Waals surface area contributed by atoms with Crippen molar-refractivity contribution in [2.75, 3.05) is 0 Å². The van der Waals surface area contributed by atoms with Crippen molar-refractivity contribution in [3.8, 4) is 0 Å². The number of thioether (sulfide) groups is 1. The molecule has 3 heteroatoms. The van der Waals surface area contributed by atoms with Gasteiger partial charge in [0.25, 0.3) is 0 Å². The van der Waals surface area contributed by atoms with Crippen LogP contribution < -0.4 is 0 Å². The fraction of sp³-hybridized carbons (Fsp3) is 0.636. The first-order valence-corrected chi connectivity index (χ1v) is 6.23. The molecule has 1 fully saturated rings. The van der Waals surface area contributed by atoms with E-state index in [1.807, 2.05) is 23.9 Å². The van der Waals surface area contributed by atoms with E-state index in [0.717, 1.165) is 24.4 Å². The van der Waals surface area contributed by atoms with Crippen LogP contribution in [0.4, 0.5) is 0 Å². The maximum Gasteiger partial charge on any atom is 0.113 e. The van der Waals surface area contributed by atoms with Crippen molar-refractivity contribution in [1.29, 1.82) is 0 Å². The first-order valence-electron chi connectivity index (χ1n) is 5.18. The van der Waals surface area contributed by atoms with Gasteiger partial charge in [0.05, 0.1) is 18.1 Å². The summed E-state index contributed by atoms with van der Waals surface area (Å²) < 4.78 is 5.26. The lowest BCUT2D eigenvalue weighted by molar-refractivity contribution is 0.137. The van der Waals surface area contributed by atoms with Crippen molar-refractivity contribution in [1.82, 2.24) is 0 Å². The molecule has 14 heavy (non-hydrogen) atoms. The van der Waals surface area contributed by atoms with Crippen LogP contribution >= 0.6 is 11.8 Å². The van der Waals surface area contributed by atoms with Crippen LogP contribution in [0.2, 0.25) is 0 Å². The zero-order valence-electron chi connectivity index (χ0n) is 8.19. The Morgan fingerprint density at radius 3 is 3.00 bits per heavy atom. The van der Waals surface area contributed by atoms with Gasteiger partial charge in [-0.05, 0) is 25.0 Å². The average Bonchev–Trinajstić information content (AvgIpc) is 2.69. The van der Waals surface area contributed by atoms with Crippen molar-refractivity contribution in [2.24, 2.45) is 0 Å².